The van der Waals surface area contributed by atoms with Gasteiger partial charge in [-0.2, -0.15) is 0 Å². The van der Waals surface area contributed by atoms with Gasteiger partial charge < -0.3 is 46.6 Å². The van der Waals surface area contributed by atoms with Crippen LogP contribution >= 0.6 is 0 Å². The highest BCUT2D eigenvalue weighted by Crippen LogP contribution is 2.06. The summed E-state index contributed by atoms with van der Waals surface area (Å²) < 4.78 is 0. The van der Waals surface area contributed by atoms with Crippen molar-refractivity contribution in [1.82, 2.24) is 10.2 Å². The Morgan fingerprint density at radius 2 is 1.64 bits per heavy atom. The third kappa shape index (κ3) is 8.95. The fraction of sp³-hybridized carbons (Fsp3) is 0.857. The van der Waals surface area contributed by atoms with E-state index in [0.29, 0.717) is 12.8 Å². The monoisotopic (exact) mass is 367 g/mol. The van der Waals surface area contributed by atoms with Gasteiger partial charge in [-0.15, -0.1) is 0 Å². The Kier molecular flexibility index (Phi) is 11.2. The molecule has 0 heterocycles. The molecule has 0 saturated carbocycles. The highest BCUT2D eigenvalue weighted by atomic mass is 16.4. The Morgan fingerprint density at radius 1 is 1.08 bits per heavy atom. The van der Waals surface area contributed by atoms with Crippen molar-refractivity contribution in [2.24, 2.45) is 5.73 Å². The molecule has 0 fully saturated rings. The quantitative estimate of drug-likeness (QED) is 0.162. The predicted octanol–water partition coefficient (Wildman–Crippen LogP) is -3.35. The molecule has 0 spiro atoms. The Morgan fingerprint density at radius 3 is 2.16 bits per heavy atom. The zero-order valence-electron chi connectivity index (χ0n) is 14.2. The third-order valence-corrected chi connectivity index (χ3v) is 3.67. The fourth-order valence-electron chi connectivity index (χ4n) is 1.98. The second-order valence-electron chi connectivity index (χ2n) is 5.85. The highest BCUT2D eigenvalue weighted by molar-refractivity contribution is 5.74. The first-order valence-corrected chi connectivity index (χ1v) is 7.92. The number of carboxylic acid groups (broad SMARTS) is 1. The van der Waals surface area contributed by atoms with E-state index in [4.69, 9.17) is 15.9 Å². The van der Waals surface area contributed by atoms with E-state index in [1.807, 2.05) is 0 Å². The maximum atomic E-state index is 11.8. The van der Waals surface area contributed by atoms with Crippen LogP contribution in [0.4, 0.5) is 4.79 Å². The summed E-state index contributed by atoms with van der Waals surface area (Å²) in [6, 6.07) is -1.47. The van der Waals surface area contributed by atoms with Crippen LogP contribution in [0.2, 0.25) is 0 Å². The van der Waals surface area contributed by atoms with E-state index in [1.165, 1.54) is 7.05 Å². The number of nitrogens with zero attached hydrogens (tertiary/aromatic N) is 1. The average molecular weight is 367 g/mol. The van der Waals surface area contributed by atoms with Gasteiger partial charge in [0.05, 0.1) is 13.2 Å². The van der Waals surface area contributed by atoms with Crippen molar-refractivity contribution in [2.75, 3.05) is 26.7 Å². The molecule has 0 saturated heterocycles. The molecule has 0 aliphatic rings. The number of amides is 2. The van der Waals surface area contributed by atoms with Crippen molar-refractivity contribution in [2.45, 2.75) is 49.7 Å². The molecule has 9 N–H and O–H groups in total. The first-order valence-electron chi connectivity index (χ1n) is 7.92. The summed E-state index contributed by atoms with van der Waals surface area (Å²) in [4.78, 5) is 23.4. The highest BCUT2D eigenvalue weighted by Gasteiger charge is 2.31. The number of carbonyl (C=O) groups excluding carboxylic acids is 1. The first kappa shape index (κ1) is 23.5. The van der Waals surface area contributed by atoms with Gasteiger partial charge >= 0.3 is 12.0 Å². The van der Waals surface area contributed by atoms with E-state index in [0.717, 1.165) is 4.90 Å². The third-order valence-electron chi connectivity index (χ3n) is 3.67. The molecule has 5 atom stereocenters. The number of hydrogen-bond donors (Lipinski definition) is 8. The number of nitrogens with two attached hydrogens (primary N) is 1. The van der Waals surface area contributed by atoms with Gasteiger partial charge in [-0.05, 0) is 19.3 Å². The maximum Gasteiger partial charge on any atom is 0.320 e. The van der Waals surface area contributed by atoms with Crippen LogP contribution in [-0.4, -0.2) is 105 Å². The lowest BCUT2D eigenvalue weighted by Crippen LogP contribution is -2.51. The normalized spacial score (nSPS) is 17.2. The number of aliphatic hydroxyl groups excluding tert-OH is 5. The van der Waals surface area contributed by atoms with Gasteiger partial charge in [-0.1, -0.05) is 0 Å². The lowest BCUT2D eigenvalue weighted by molar-refractivity contribution is -0.138. The Labute approximate surface area is 145 Å². The minimum atomic E-state index is -1.75. The molecule has 0 aromatic carbocycles. The molecule has 0 rings (SSSR count). The maximum absolute atomic E-state index is 11.8. The van der Waals surface area contributed by atoms with Gasteiger partial charge in [-0.25, -0.2) is 4.79 Å². The van der Waals surface area contributed by atoms with Gasteiger partial charge in [0.15, 0.2) is 0 Å². The van der Waals surface area contributed by atoms with Crippen LogP contribution < -0.4 is 11.1 Å². The molecule has 0 aliphatic carbocycles. The van der Waals surface area contributed by atoms with E-state index in [9.17, 15) is 30.0 Å². The Balaban J connectivity index is 4.10. The van der Waals surface area contributed by atoms with Crippen molar-refractivity contribution >= 4 is 12.0 Å². The summed E-state index contributed by atoms with van der Waals surface area (Å²) in [7, 11) is 1.36. The Bertz CT molecular complexity index is 412. The van der Waals surface area contributed by atoms with Gasteiger partial charge in [-0.3, -0.25) is 4.79 Å². The molecule has 11 heteroatoms. The largest absolute Gasteiger partial charge is 0.480 e. The SMILES string of the molecule is CN(CC(O)C(O)C(O)C(O)CO)C(=O)NCCCCC(N)C(=O)O. The van der Waals surface area contributed by atoms with Crippen LogP contribution in [0.25, 0.3) is 0 Å². The number of urea groups is 1. The molecule has 0 bridgehead atoms. The van der Waals surface area contributed by atoms with E-state index < -0.39 is 49.1 Å². The van der Waals surface area contributed by atoms with Crippen LogP contribution in [0, 0.1) is 0 Å². The second kappa shape index (κ2) is 12.0. The molecular formula is C14H29N3O8. The summed E-state index contributed by atoms with van der Waals surface area (Å²) >= 11 is 0. The summed E-state index contributed by atoms with van der Waals surface area (Å²) in [6.07, 6.45) is -5.31. The van der Waals surface area contributed by atoms with Gasteiger partial charge in [0.25, 0.3) is 0 Å². The number of carbonyl (C=O) groups is 2. The molecule has 25 heavy (non-hydrogen) atoms. The molecule has 0 aromatic heterocycles. The number of hydrogen-bond acceptors (Lipinski definition) is 8. The molecule has 0 aromatic rings. The molecule has 148 valence electrons. The zero-order chi connectivity index (χ0) is 19.6. The zero-order valence-corrected chi connectivity index (χ0v) is 14.2. The van der Waals surface area contributed by atoms with Crippen LogP contribution in [0.5, 0.6) is 0 Å². The number of carboxylic acids is 1. The molecule has 0 aliphatic heterocycles. The van der Waals surface area contributed by atoms with E-state index in [2.05, 4.69) is 5.32 Å². The number of likely N-dealkylation sites (N-methyl/N-ethyl adjacent to an activating group) is 1. The second-order valence-corrected chi connectivity index (χ2v) is 5.85. The minimum Gasteiger partial charge on any atom is -0.480 e. The van der Waals surface area contributed by atoms with Crippen LogP contribution in [0.15, 0.2) is 0 Å². The Hall–Kier alpha value is -1.50. The number of unbranched alkanes of at least 4 members (excludes halogenated alkanes) is 1. The molecule has 11 nitrogen and oxygen atoms in total. The van der Waals surface area contributed by atoms with Crippen molar-refractivity contribution in [3.8, 4) is 0 Å². The van der Waals surface area contributed by atoms with Crippen molar-refractivity contribution in [3.63, 3.8) is 0 Å². The predicted molar refractivity (Wildman–Crippen MR) is 86.6 cm³/mol. The summed E-state index contributed by atoms with van der Waals surface area (Å²) in [5.74, 6) is -1.08. The number of aliphatic hydroxyl groups is 5. The molecule has 2 amide bonds. The van der Waals surface area contributed by atoms with Crippen molar-refractivity contribution < 1.29 is 40.2 Å². The van der Waals surface area contributed by atoms with Crippen molar-refractivity contribution in [1.29, 1.82) is 0 Å². The van der Waals surface area contributed by atoms with E-state index in [1.54, 1.807) is 0 Å². The topological polar surface area (TPSA) is 197 Å². The minimum absolute atomic E-state index is 0.278. The van der Waals surface area contributed by atoms with Gasteiger partial charge in [0.2, 0.25) is 0 Å². The lowest BCUT2D eigenvalue weighted by Gasteiger charge is -2.28. The van der Waals surface area contributed by atoms with E-state index in [-0.39, 0.29) is 19.5 Å². The standard InChI is InChI=1S/C14H29N3O8/c1-17(6-9(19)11(21)12(22)10(20)7-18)14(25)16-5-3-2-4-8(15)13(23)24/h8-12,18-22H,2-7,15H2,1H3,(H,16,25)(H,23,24). The molecule has 0 radical (unpaired) electrons. The summed E-state index contributed by atoms with van der Waals surface area (Å²) in [6.45, 7) is -0.821. The number of nitrogens with one attached hydrogen (secondary N) is 1. The summed E-state index contributed by atoms with van der Waals surface area (Å²) in [5, 5.41) is 58.0. The smallest absolute Gasteiger partial charge is 0.320 e. The lowest BCUT2D eigenvalue weighted by atomic mass is 10.0. The summed E-state index contributed by atoms with van der Waals surface area (Å²) in [5.41, 5.74) is 5.35. The van der Waals surface area contributed by atoms with E-state index >= 15 is 0 Å². The van der Waals surface area contributed by atoms with Crippen LogP contribution in [0.1, 0.15) is 19.3 Å². The van der Waals surface area contributed by atoms with Gasteiger partial charge in [0, 0.05) is 13.6 Å². The molecule has 5 unspecified atom stereocenters. The molecular weight excluding hydrogens is 338 g/mol. The van der Waals surface area contributed by atoms with Crippen LogP contribution in [0.3, 0.4) is 0 Å². The van der Waals surface area contributed by atoms with Crippen LogP contribution in [-0.2, 0) is 4.79 Å². The van der Waals surface area contributed by atoms with Crippen molar-refractivity contribution in [3.05, 3.63) is 0 Å². The first-order chi connectivity index (χ1) is 11.6. The fourth-order valence-corrected chi connectivity index (χ4v) is 1.98. The number of aliphatic carboxylic acids is 1. The average Bonchev–Trinajstić information content (AvgIpc) is 2.58. The number of rotatable bonds is 12. The van der Waals surface area contributed by atoms with Gasteiger partial charge in [0.1, 0.15) is 30.5 Å².